The summed E-state index contributed by atoms with van der Waals surface area (Å²) in [6.45, 7) is 4.96. The highest BCUT2D eigenvalue weighted by Gasteiger charge is 2.17. The highest BCUT2D eigenvalue weighted by atomic mass is 16.6. The van der Waals surface area contributed by atoms with Crippen LogP contribution in [0.2, 0.25) is 0 Å². The Morgan fingerprint density at radius 1 is 1.10 bits per heavy atom. The average molecular weight is 410 g/mol. The minimum atomic E-state index is -0.564. The second-order valence-corrected chi connectivity index (χ2v) is 7.77. The van der Waals surface area contributed by atoms with Gasteiger partial charge < -0.3 is 19.9 Å². The smallest absolute Gasteiger partial charge is 0.344 e. The predicted molar refractivity (Wildman–Crippen MR) is 111 cm³/mol. The molecule has 0 aliphatic rings. The van der Waals surface area contributed by atoms with Crippen molar-refractivity contribution in [3.8, 4) is 11.8 Å². The van der Waals surface area contributed by atoms with Crippen molar-refractivity contribution < 1.29 is 24.2 Å². The third kappa shape index (κ3) is 7.57. The first-order valence-electron chi connectivity index (χ1n) is 9.55. The summed E-state index contributed by atoms with van der Waals surface area (Å²) >= 11 is 0. The van der Waals surface area contributed by atoms with E-state index in [0.29, 0.717) is 23.3 Å². The fraction of sp³-hybridized carbons (Fsp3) is 0.348. The van der Waals surface area contributed by atoms with Gasteiger partial charge in [-0.2, -0.15) is 5.26 Å². The standard InChI is InChI=1S/C23H26N2O5/c1-23(2,3)30-21(27)15-29-20-10-6-16(7-11-20)12-19(14-26)25-22(28)18-8-4-17(13-24)5-9-18/h4-11,19,26H,12,14-15H2,1-3H3,(H,25,28)/t19-/m1/s1. The number of hydrogen-bond acceptors (Lipinski definition) is 6. The molecule has 2 aromatic carbocycles. The van der Waals surface area contributed by atoms with E-state index in [9.17, 15) is 14.7 Å². The predicted octanol–water partition coefficient (Wildman–Crippen LogP) is 2.61. The Labute approximate surface area is 176 Å². The van der Waals surface area contributed by atoms with Crippen LogP contribution in [0, 0.1) is 11.3 Å². The zero-order chi connectivity index (χ0) is 22.1. The summed E-state index contributed by atoms with van der Waals surface area (Å²) in [5.41, 5.74) is 1.21. The molecule has 1 amide bonds. The van der Waals surface area contributed by atoms with E-state index in [0.717, 1.165) is 5.56 Å². The van der Waals surface area contributed by atoms with Gasteiger partial charge in [0, 0.05) is 5.56 Å². The quantitative estimate of drug-likeness (QED) is 0.648. The van der Waals surface area contributed by atoms with Crippen molar-refractivity contribution in [2.45, 2.75) is 38.8 Å². The Morgan fingerprint density at radius 2 is 1.73 bits per heavy atom. The topological polar surface area (TPSA) is 109 Å². The summed E-state index contributed by atoms with van der Waals surface area (Å²) in [5, 5.41) is 21.2. The molecular formula is C23H26N2O5. The Kier molecular flexibility index (Phi) is 7.96. The second-order valence-electron chi connectivity index (χ2n) is 7.77. The van der Waals surface area contributed by atoms with Crippen LogP contribution in [0.5, 0.6) is 5.75 Å². The second kappa shape index (κ2) is 10.4. The summed E-state index contributed by atoms with van der Waals surface area (Å²) in [6.07, 6.45) is 0.421. The van der Waals surface area contributed by atoms with Gasteiger partial charge >= 0.3 is 5.97 Å². The SMILES string of the molecule is CC(C)(C)OC(=O)COc1ccc(C[C@H](CO)NC(=O)c2ccc(C#N)cc2)cc1. The lowest BCUT2D eigenvalue weighted by Gasteiger charge is -2.19. The van der Waals surface area contributed by atoms with Crippen LogP contribution in [0.1, 0.15) is 42.3 Å². The molecule has 158 valence electrons. The van der Waals surface area contributed by atoms with Crippen molar-refractivity contribution in [3.63, 3.8) is 0 Å². The van der Waals surface area contributed by atoms with Crippen molar-refractivity contribution in [2.24, 2.45) is 0 Å². The van der Waals surface area contributed by atoms with Crippen LogP contribution in [0.15, 0.2) is 48.5 Å². The van der Waals surface area contributed by atoms with E-state index in [4.69, 9.17) is 14.7 Å². The molecule has 0 aliphatic carbocycles. The van der Waals surface area contributed by atoms with E-state index in [1.807, 2.05) is 6.07 Å². The van der Waals surface area contributed by atoms with Gasteiger partial charge in [0.05, 0.1) is 24.3 Å². The Bertz CT molecular complexity index is 893. The molecule has 0 aromatic heterocycles. The molecule has 7 nitrogen and oxygen atoms in total. The van der Waals surface area contributed by atoms with Gasteiger partial charge in [-0.3, -0.25) is 4.79 Å². The maximum Gasteiger partial charge on any atom is 0.344 e. The number of ether oxygens (including phenoxy) is 2. The van der Waals surface area contributed by atoms with Crippen LogP contribution in [0.4, 0.5) is 0 Å². The van der Waals surface area contributed by atoms with E-state index < -0.39 is 17.6 Å². The number of nitriles is 1. The fourth-order valence-electron chi connectivity index (χ4n) is 2.65. The fourth-order valence-corrected chi connectivity index (χ4v) is 2.65. The highest BCUT2D eigenvalue weighted by Crippen LogP contribution is 2.15. The first-order chi connectivity index (χ1) is 14.2. The minimum absolute atomic E-state index is 0.184. The number of nitrogens with one attached hydrogen (secondary N) is 1. The van der Waals surface area contributed by atoms with E-state index in [-0.39, 0.29) is 19.1 Å². The number of esters is 1. The summed E-state index contributed by atoms with van der Waals surface area (Å²) in [4.78, 5) is 24.0. The minimum Gasteiger partial charge on any atom is -0.482 e. The summed E-state index contributed by atoms with van der Waals surface area (Å²) in [7, 11) is 0. The van der Waals surface area contributed by atoms with Crippen LogP contribution in [0.25, 0.3) is 0 Å². The average Bonchev–Trinajstić information content (AvgIpc) is 2.71. The lowest BCUT2D eigenvalue weighted by atomic mass is 10.1. The molecule has 2 N–H and O–H groups in total. The van der Waals surface area contributed by atoms with Crippen molar-refractivity contribution in [3.05, 3.63) is 65.2 Å². The van der Waals surface area contributed by atoms with Crippen LogP contribution in [-0.2, 0) is 16.0 Å². The lowest BCUT2D eigenvalue weighted by molar-refractivity contribution is -0.157. The molecule has 0 aliphatic heterocycles. The van der Waals surface area contributed by atoms with E-state index in [2.05, 4.69) is 5.32 Å². The Hall–Kier alpha value is -3.37. The number of hydrogen-bond donors (Lipinski definition) is 2. The van der Waals surface area contributed by atoms with Gasteiger partial charge in [-0.05, 0) is 69.2 Å². The van der Waals surface area contributed by atoms with Gasteiger partial charge in [0.15, 0.2) is 6.61 Å². The van der Waals surface area contributed by atoms with Gasteiger partial charge in [-0.1, -0.05) is 12.1 Å². The highest BCUT2D eigenvalue weighted by molar-refractivity contribution is 5.94. The Morgan fingerprint density at radius 3 is 2.27 bits per heavy atom. The van der Waals surface area contributed by atoms with Gasteiger partial charge in [0.1, 0.15) is 11.4 Å². The normalized spacial score (nSPS) is 11.8. The number of amides is 1. The van der Waals surface area contributed by atoms with Gasteiger partial charge in [-0.15, -0.1) is 0 Å². The lowest BCUT2D eigenvalue weighted by Crippen LogP contribution is -2.39. The molecule has 0 saturated carbocycles. The molecule has 0 radical (unpaired) electrons. The zero-order valence-corrected chi connectivity index (χ0v) is 17.3. The molecule has 0 heterocycles. The van der Waals surface area contributed by atoms with Crippen molar-refractivity contribution in [1.29, 1.82) is 5.26 Å². The third-order valence-corrected chi connectivity index (χ3v) is 4.01. The number of nitrogens with zero attached hydrogens (tertiary/aromatic N) is 1. The van der Waals surface area contributed by atoms with Crippen LogP contribution in [-0.4, -0.2) is 41.8 Å². The molecule has 0 unspecified atom stereocenters. The van der Waals surface area contributed by atoms with Gasteiger partial charge in [0.2, 0.25) is 0 Å². The van der Waals surface area contributed by atoms with Gasteiger partial charge in [0.25, 0.3) is 5.91 Å². The summed E-state index contributed by atoms with van der Waals surface area (Å²) in [6, 6.07) is 14.9. The van der Waals surface area contributed by atoms with Crippen LogP contribution >= 0.6 is 0 Å². The molecule has 0 fully saturated rings. The van der Waals surface area contributed by atoms with Crippen LogP contribution < -0.4 is 10.1 Å². The third-order valence-electron chi connectivity index (χ3n) is 4.01. The number of aliphatic hydroxyl groups excluding tert-OH is 1. The maximum absolute atomic E-state index is 12.3. The van der Waals surface area contributed by atoms with E-state index in [1.165, 1.54) is 0 Å². The molecule has 1 atom stereocenters. The molecule has 0 bridgehead atoms. The number of carbonyl (C=O) groups is 2. The molecule has 2 rings (SSSR count). The first kappa shape index (κ1) is 22.9. The molecule has 30 heavy (non-hydrogen) atoms. The van der Waals surface area contributed by atoms with Crippen molar-refractivity contribution in [2.75, 3.05) is 13.2 Å². The molecule has 0 spiro atoms. The zero-order valence-electron chi connectivity index (χ0n) is 17.3. The number of carbonyl (C=O) groups excluding carboxylic acids is 2. The number of benzene rings is 2. The summed E-state index contributed by atoms with van der Waals surface area (Å²) in [5.74, 6) is -0.250. The van der Waals surface area contributed by atoms with E-state index >= 15 is 0 Å². The van der Waals surface area contributed by atoms with Gasteiger partial charge in [-0.25, -0.2) is 4.79 Å². The largest absolute Gasteiger partial charge is 0.482 e. The van der Waals surface area contributed by atoms with E-state index in [1.54, 1.807) is 69.3 Å². The monoisotopic (exact) mass is 410 g/mol. The maximum atomic E-state index is 12.3. The molecular weight excluding hydrogens is 384 g/mol. The number of aliphatic hydroxyl groups is 1. The molecule has 7 heteroatoms. The van der Waals surface area contributed by atoms with Crippen molar-refractivity contribution >= 4 is 11.9 Å². The molecule has 2 aromatic rings. The summed E-state index contributed by atoms with van der Waals surface area (Å²) < 4.78 is 10.6. The van der Waals surface area contributed by atoms with Crippen LogP contribution in [0.3, 0.4) is 0 Å². The first-order valence-corrected chi connectivity index (χ1v) is 9.55. The molecule has 0 saturated heterocycles. The Balaban J connectivity index is 1.88. The number of rotatable bonds is 8. The van der Waals surface area contributed by atoms with Crippen molar-refractivity contribution in [1.82, 2.24) is 5.32 Å².